The van der Waals surface area contributed by atoms with Crippen molar-refractivity contribution < 1.29 is 17.9 Å². The number of carbonyl (C=O) groups excluding carboxylic acids is 1. The molecule has 1 amide bonds. The summed E-state index contributed by atoms with van der Waals surface area (Å²) in [4.78, 5) is 13.8. The molecule has 1 aromatic rings. The molecule has 0 unspecified atom stereocenters. The number of amides is 1. The van der Waals surface area contributed by atoms with E-state index in [1.54, 1.807) is 26.3 Å². The van der Waals surface area contributed by atoms with E-state index in [4.69, 9.17) is 4.74 Å². The van der Waals surface area contributed by atoms with Crippen molar-refractivity contribution in [2.45, 2.75) is 19.1 Å². The molecule has 1 aromatic carbocycles. The number of nitrogens with zero attached hydrogens (tertiary/aromatic N) is 1. The molecule has 20 heavy (non-hydrogen) atoms. The highest BCUT2D eigenvalue weighted by atomic mass is 32.2. The highest BCUT2D eigenvalue weighted by Gasteiger charge is 2.32. The van der Waals surface area contributed by atoms with Crippen LogP contribution in [0, 0.1) is 0 Å². The third-order valence-electron chi connectivity index (χ3n) is 3.59. The topological polar surface area (TPSA) is 63.7 Å². The number of rotatable bonds is 4. The number of methoxy groups -OCH3 is 1. The second-order valence-electron chi connectivity index (χ2n) is 5.10. The minimum absolute atomic E-state index is 0.0665. The lowest BCUT2D eigenvalue weighted by Crippen LogP contribution is -2.37. The Balaban J connectivity index is 2.07. The average Bonchev–Trinajstić information content (AvgIpc) is 2.79. The fourth-order valence-corrected chi connectivity index (χ4v) is 4.13. The van der Waals surface area contributed by atoms with Crippen LogP contribution in [-0.4, -0.2) is 50.9 Å². The quantitative estimate of drug-likeness (QED) is 0.834. The number of hydrogen-bond donors (Lipinski definition) is 0. The second kappa shape index (κ2) is 5.93. The normalized spacial score (nSPS) is 20.8. The van der Waals surface area contributed by atoms with E-state index in [1.807, 2.05) is 12.1 Å². The summed E-state index contributed by atoms with van der Waals surface area (Å²) in [6, 6.07) is 6.96. The molecular formula is C14H19NO4S. The van der Waals surface area contributed by atoms with E-state index in [0.29, 0.717) is 18.6 Å². The molecule has 1 aliphatic heterocycles. The zero-order chi connectivity index (χ0) is 14.8. The molecule has 0 spiro atoms. The standard InChI is InChI=1S/C14H19NO4S/c1-15(13-7-8-20(17,18)10-13)14(16)12-5-3-11(4-6-12)9-19-2/h3-6,13H,7-10H2,1-2H3/t13-/m0/s1. The largest absolute Gasteiger partial charge is 0.380 e. The summed E-state index contributed by atoms with van der Waals surface area (Å²) < 4.78 is 28.0. The lowest BCUT2D eigenvalue weighted by Gasteiger charge is -2.23. The molecule has 0 bridgehead atoms. The van der Waals surface area contributed by atoms with Gasteiger partial charge in [-0.05, 0) is 24.1 Å². The molecule has 1 heterocycles. The first-order chi connectivity index (χ1) is 9.43. The van der Waals surface area contributed by atoms with Gasteiger partial charge in [-0.1, -0.05) is 12.1 Å². The van der Waals surface area contributed by atoms with Gasteiger partial charge < -0.3 is 9.64 Å². The molecule has 5 nitrogen and oxygen atoms in total. The van der Waals surface area contributed by atoms with Gasteiger partial charge in [-0.3, -0.25) is 4.79 Å². The van der Waals surface area contributed by atoms with Crippen LogP contribution in [0.5, 0.6) is 0 Å². The molecule has 0 radical (unpaired) electrons. The van der Waals surface area contributed by atoms with Gasteiger partial charge in [0.15, 0.2) is 9.84 Å². The number of benzene rings is 1. The molecule has 0 aromatic heterocycles. The Bertz CT molecular complexity index is 580. The van der Waals surface area contributed by atoms with E-state index in [1.165, 1.54) is 4.90 Å². The smallest absolute Gasteiger partial charge is 0.253 e. The van der Waals surface area contributed by atoms with Crippen molar-refractivity contribution >= 4 is 15.7 Å². The van der Waals surface area contributed by atoms with Gasteiger partial charge >= 0.3 is 0 Å². The summed E-state index contributed by atoms with van der Waals surface area (Å²) in [5.74, 6) is 0.0926. The fraction of sp³-hybridized carbons (Fsp3) is 0.500. The summed E-state index contributed by atoms with van der Waals surface area (Å²) in [5.41, 5.74) is 1.56. The summed E-state index contributed by atoms with van der Waals surface area (Å²) in [6.07, 6.45) is 0.520. The Hall–Kier alpha value is -1.40. The minimum atomic E-state index is -2.98. The van der Waals surface area contributed by atoms with Crippen molar-refractivity contribution in [3.8, 4) is 0 Å². The molecule has 0 saturated carbocycles. The van der Waals surface area contributed by atoms with E-state index < -0.39 is 9.84 Å². The van der Waals surface area contributed by atoms with E-state index in [9.17, 15) is 13.2 Å². The first-order valence-corrected chi connectivity index (χ1v) is 8.30. The Morgan fingerprint density at radius 1 is 1.35 bits per heavy atom. The summed E-state index contributed by atoms with van der Waals surface area (Å²) >= 11 is 0. The molecule has 1 saturated heterocycles. The predicted octanol–water partition coefficient (Wildman–Crippen LogP) is 1.09. The SMILES string of the molecule is COCc1ccc(C(=O)N(C)[C@H]2CCS(=O)(=O)C2)cc1. The monoisotopic (exact) mass is 297 g/mol. The van der Waals surface area contributed by atoms with Crippen molar-refractivity contribution in [1.29, 1.82) is 0 Å². The van der Waals surface area contributed by atoms with Gasteiger partial charge in [0.1, 0.15) is 0 Å². The maximum atomic E-state index is 12.3. The third-order valence-corrected chi connectivity index (χ3v) is 5.34. The maximum Gasteiger partial charge on any atom is 0.253 e. The Labute approximate surface area is 119 Å². The van der Waals surface area contributed by atoms with E-state index in [2.05, 4.69) is 0 Å². The molecule has 1 aliphatic rings. The summed E-state index contributed by atoms with van der Waals surface area (Å²) in [6.45, 7) is 0.505. The van der Waals surface area contributed by atoms with Gasteiger partial charge in [-0.2, -0.15) is 0 Å². The Morgan fingerprint density at radius 2 is 2.00 bits per heavy atom. The maximum absolute atomic E-state index is 12.3. The van der Waals surface area contributed by atoms with E-state index >= 15 is 0 Å². The molecule has 2 rings (SSSR count). The van der Waals surface area contributed by atoms with Crippen LogP contribution in [0.4, 0.5) is 0 Å². The summed E-state index contributed by atoms with van der Waals surface area (Å²) in [7, 11) is 0.301. The van der Waals surface area contributed by atoms with Crippen molar-refractivity contribution in [3.63, 3.8) is 0 Å². The van der Waals surface area contributed by atoms with Gasteiger partial charge in [0.25, 0.3) is 5.91 Å². The fourth-order valence-electron chi connectivity index (χ4n) is 2.36. The van der Waals surface area contributed by atoms with Crippen LogP contribution < -0.4 is 0 Å². The lowest BCUT2D eigenvalue weighted by atomic mass is 10.1. The molecule has 0 N–H and O–H groups in total. The minimum Gasteiger partial charge on any atom is -0.380 e. The van der Waals surface area contributed by atoms with Crippen LogP contribution in [0.1, 0.15) is 22.3 Å². The van der Waals surface area contributed by atoms with Crippen molar-refractivity contribution in [1.82, 2.24) is 4.90 Å². The molecular weight excluding hydrogens is 278 g/mol. The van der Waals surface area contributed by atoms with Gasteiger partial charge in [-0.25, -0.2) is 8.42 Å². The van der Waals surface area contributed by atoms with Crippen LogP contribution >= 0.6 is 0 Å². The summed E-state index contributed by atoms with van der Waals surface area (Å²) in [5, 5.41) is 0. The molecule has 110 valence electrons. The first kappa shape index (κ1) is 15.0. The zero-order valence-corrected chi connectivity index (χ0v) is 12.5. The van der Waals surface area contributed by atoms with Gasteiger partial charge in [0.05, 0.1) is 18.1 Å². The van der Waals surface area contributed by atoms with Crippen LogP contribution in [0.3, 0.4) is 0 Å². The Morgan fingerprint density at radius 3 is 2.50 bits per heavy atom. The highest BCUT2D eigenvalue weighted by molar-refractivity contribution is 7.91. The van der Waals surface area contributed by atoms with Gasteiger partial charge in [0.2, 0.25) is 0 Å². The highest BCUT2D eigenvalue weighted by Crippen LogP contribution is 2.18. The zero-order valence-electron chi connectivity index (χ0n) is 11.7. The molecule has 6 heteroatoms. The van der Waals surface area contributed by atoms with Crippen LogP contribution in [-0.2, 0) is 21.2 Å². The molecule has 1 atom stereocenters. The average molecular weight is 297 g/mol. The number of hydrogen-bond acceptors (Lipinski definition) is 4. The van der Waals surface area contributed by atoms with Crippen molar-refractivity contribution in [2.75, 3.05) is 25.7 Å². The third kappa shape index (κ3) is 3.37. The number of sulfone groups is 1. The number of ether oxygens (including phenoxy) is 1. The van der Waals surface area contributed by atoms with Crippen LogP contribution in [0.15, 0.2) is 24.3 Å². The van der Waals surface area contributed by atoms with E-state index in [0.717, 1.165) is 5.56 Å². The van der Waals surface area contributed by atoms with Gasteiger partial charge in [-0.15, -0.1) is 0 Å². The van der Waals surface area contributed by atoms with Crippen LogP contribution in [0.25, 0.3) is 0 Å². The molecule has 0 aliphatic carbocycles. The lowest BCUT2D eigenvalue weighted by molar-refractivity contribution is 0.0747. The molecule has 1 fully saturated rings. The second-order valence-corrected chi connectivity index (χ2v) is 7.33. The van der Waals surface area contributed by atoms with Crippen molar-refractivity contribution in [2.24, 2.45) is 0 Å². The van der Waals surface area contributed by atoms with Crippen LogP contribution in [0.2, 0.25) is 0 Å². The van der Waals surface area contributed by atoms with E-state index in [-0.39, 0.29) is 23.5 Å². The number of carbonyl (C=O) groups is 1. The van der Waals surface area contributed by atoms with Gasteiger partial charge in [0, 0.05) is 25.8 Å². The first-order valence-electron chi connectivity index (χ1n) is 6.48. The predicted molar refractivity (Wildman–Crippen MR) is 76.3 cm³/mol. The van der Waals surface area contributed by atoms with Crippen molar-refractivity contribution in [3.05, 3.63) is 35.4 Å². The Kier molecular flexibility index (Phi) is 4.45.